The molecule has 5 rings (SSSR count). The number of benzene rings is 4. The van der Waals surface area contributed by atoms with Gasteiger partial charge >= 0.3 is 6.18 Å². The molecule has 0 radical (unpaired) electrons. The Bertz CT molecular complexity index is 1340. The fourth-order valence-corrected chi connectivity index (χ4v) is 4.06. The third-order valence-corrected chi connectivity index (χ3v) is 5.30. The monoisotopic (exact) mass is 405 g/mol. The molecular weight excluding hydrogens is 390 g/mol. The van der Waals surface area contributed by atoms with E-state index in [0.29, 0.717) is 11.3 Å². The first-order valence-corrected chi connectivity index (χ1v) is 9.40. The molecular formula is C25H15F4N. The van der Waals surface area contributed by atoms with Crippen LogP contribution in [0.15, 0.2) is 91.0 Å². The molecule has 0 atom stereocenters. The fourth-order valence-electron chi connectivity index (χ4n) is 4.06. The topological polar surface area (TPSA) is 4.93 Å². The second-order valence-electron chi connectivity index (χ2n) is 7.07. The van der Waals surface area contributed by atoms with Crippen molar-refractivity contribution in [1.82, 2.24) is 4.57 Å². The third kappa shape index (κ3) is 2.86. The number of halogens is 4. The van der Waals surface area contributed by atoms with Crippen LogP contribution in [0.2, 0.25) is 0 Å². The Morgan fingerprint density at radius 2 is 1.17 bits per heavy atom. The molecule has 4 aromatic carbocycles. The summed E-state index contributed by atoms with van der Waals surface area (Å²) in [5.74, 6) is -0.713. The molecule has 0 fully saturated rings. The Morgan fingerprint density at radius 3 is 1.80 bits per heavy atom. The van der Waals surface area contributed by atoms with Crippen LogP contribution in [0.1, 0.15) is 5.56 Å². The summed E-state index contributed by atoms with van der Waals surface area (Å²) < 4.78 is 57.1. The van der Waals surface area contributed by atoms with E-state index < -0.39 is 17.6 Å². The predicted molar refractivity (Wildman–Crippen MR) is 111 cm³/mol. The molecule has 0 aliphatic rings. The van der Waals surface area contributed by atoms with Crippen molar-refractivity contribution in [2.75, 3.05) is 0 Å². The summed E-state index contributed by atoms with van der Waals surface area (Å²) in [4.78, 5) is 0. The highest BCUT2D eigenvalue weighted by molar-refractivity contribution is 6.09. The molecule has 148 valence electrons. The van der Waals surface area contributed by atoms with Gasteiger partial charge in [-0.3, -0.25) is 0 Å². The molecule has 0 saturated heterocycles. The summed E-state index contributed by atoms with van der Waals surface area (Å²) in [5, 5.41) is 2.00. The minimum atomic E-state index is -4.60. The summed E-state index contributed by atoms with van der Waals surface area (Å²) in [6, 6.07) is 24.9. The van der Waals surface area contributed by atoms with Gasteiger partial charge in [-0.2, -0.15) is 13.2 Å². The first-order chi connectivity index (χ1) is 14.4. The van der Waals surface area contributed by atoms with Gasteiger partial charge in [-0.25, -0.2) is 4.39 Å². The van der Waals surface area contributed by atoms with E-state index in [1.54, 1.807) is 24.3 Å². The lowest BCUT2D eigenvalue weighted by molar-refractivity contribution is -0.137. The van der Waals surface area contributed by atoms with Crippen molar-refractivity contribution in [2.24, 2.45) is 0 Å². The lowest BCUT2D eigenvalue weighted by atomic mass is 9.97. The quantitative estimate of drug-likeness (QED) is 0.266. The van der Waals surface area contributed by atoms with Crippen molar-refractivity contribution in [3.05, 3.63) is 102 Å². The Morgan fingerprint density at radius 1 is 0.600 bits per heavy atom. The maximum absolute atomic E-state index is 14.0. The molecule has 0 unspecified atom stereocenters. The van der Waals surface area contributed by atoms with Crippen LogP contribution in [0, 0.1) is 5.82 Å². The minimum Gasteiger partial charge on any atom is -0.309 e. The molecule has 0 aliphatic carbocycles. The van der Waals surface area contributed by atoms with E-state index in [2.05, 4.69) is 0 Å². The number of hydrogen-bond donors (Lipinski definition) is 0. The van der Waals surface area contributed by atoms with Crippen molar-refractivity contribution in [3.8, 4) is 16.8 Å². The maximum atomic E-state index is 14.0. The maximum Gasteiger partial charge on any atom is 0.417 e. The number of alkyl halides is 3. The first kappa shape index (κ1) is 18.4. The van der Waals surface area contributed by atoms with Crippen LogP contribution in [0.4, 0.5) is 17.6 Å². The van der Waals surface area contributed by atoms with Crippen LogP contribution in [0.25, 0.3) is 38.6 Å². The molecule has 1 nitrogen and oxygen atoms in total. The molecule has 5 aromatic rings. The van der Waals surface area contributed by atoms with Crippen LogP contribution >= 0.6 is 0 Å². The third-order valence-electron chi connectivity index (χ3n) is 5.30. The van der Waals surface area contributed by atoms with E-state index in [1.807, 2.05) is 53.1 Å². The Hall–Kier alpha value is -3.60. The highest BCUT2D eigenvalue weighted by Gasteiger charge is 2.34. The zero-order valence-corrected chi connectivity index (χ0v) is 15.6. The molecule has 5 heteroatoms. The van der Waals surface area contributed by atoms with E-state index in [4.69, 9.17) is 0 Å². The minimum absolute atomic E-state index is 0.181. The zero-order valence-electron chi connectivity index (χ0n) is 15.6. The van der Waals surface area contributed by atoms with Gasteiger partial charge in [-0.1, -0.05) is 54.6 Å². The molecule has 1 aromatic heterocycles. The predicted octanol–water partition coefficient (Wildman–Crippen LogP) is 7.61. The van der Waals surface area contributed by atoms with Crippen LogP contribution in [0.3, 0.4) is 0 Å². The van der Waals surface area contributed by atoms with E-state index in [-0.39, 0.29) is 5.56 Å². The van der Waals surface area contributed by atoms with Crippen molar-refractivity contribution >= 4 is 21.8 Å². The van der Waals surface area contributed by atoms with E-state index in [0.717, 1.165) is 40.0 Å². The van der Waals surface area contributed by atoms with Crippen LogP contribution in [-0.4, -0.2) is 4.57 Å². The van der Waals surface area contributed by atoms with E-state index in [1.165, 1.54) is 0 Å². The highest BCUT2D eigenvalue weighted by atomic mass is 19.4. The molecule has 0 N–H and O–H groups in total. The molecule has 0 bridgehead atoms. The fraction of sp³-hybridized carbons (Fsp3) is 0.0400. The van der Waals surface area contributed by atoms with Crippen molar-refractivity contribution in [2.45, 2.75) is 6.18 Å². The van der Waals surface area contributed by atoms with Gasteiger partial charge in [-0.05, 0) is 42.0 Å². The van der Waals surface area contributed by atoms with Gasteiger partial charge in [0.25, 0.3) is 0 Å². The standard InChI is InChI=1S/C25H15F4N/c26-16-13-14-21(25(27,28)29)20(15-16)19-9-3-6-12-24(19)30-22-10-4-1-7-17(22)18-8-2-5-11-23(18)30/h1-15H. The first-order valence-electron chi connectivity index (χ1n) is 9.40. The Balaban J connectivity index is 1.89. The number of nitrogens with zero attached hydrogens (tertiary/aromatic N) is 1. The summed E-state index contributed by atoms with van der Waals surface area (Å²) >= 11 is 0. The summed E-state index contributed by atoms with van der Waals surface area (Å²) in [6.45, 7) is 0. The van der Waals surface area contributed by atoms with Crippen LogP contribution in [0.5, 0.6) is 0 Å². The molecule has 0 saturated carbocycles. The molecule has 0 aliphatic heterocycles. The van der Waals surface area contributed by atoms with Crippen molar-refractivity contribution in [3.63, 3.8) is 0 Å². The second kappa shape index (κ2) is 6.73. The molecule has 1 heterocycles. The largest absolute Gasteiger partial charge is 0.417 e. The Labute approximate surface area is 169 Å². The average molecular weight is 405 g/mol. The summed E-state index contributed by atoms with van der Waals surface area (Å²) in [7, 11) is 0. The summed E-state index contributed by atoms with van der Waals surface area (Å²) in [6.07, 6.45) is -4.60. The number of rotatable bonds is 2. The zero-order chi connectivity index (χ0) is 20.9. The Kier molecular flexibility index (Phi) is 4.13. The van der Waals surface area contributed by atoms with Crippen LogP contribution in [-0.2, 0) is 6.18 Å². The molecule has 0 spiro atoms. The van der Waals surface area contributed by atoms with Gasteiger partial charge in [0.1, 0.15) is 5.82 Å². The van der Waals surface area contributed by atoms with Crippen molar-refractivity contribution < 1.29 is 17.6 Å². The van der Waals surface area contributed by atoms with Gasteiger partial charge in [0.2, 0.25) is 0 Å². The number of fused-ring (bicyclic) bond motifs is 3. The molecule has 30 heavy (non-hydrogen) atoms. The normalized spacial score (nSPS) is 12.0. The SMILES string of the molecule is Fc1ccc(C(F)(F)F)c(-c2ccccc2-n2c3ccccc3c3ccccc32)c1. The highest BCUT2D eigenvalue weighted by Crippen LogP contribution is 2.41. The van der Waals surface area contributed by atoms with E-state index in [9.17, 15) is 17.6 Å². The average Bonchev–Trinajstić information content (AvgIpc) is 3.07. The molecule has 0 amide bonds. The van der Waals surface area contributed by atoms with Crippen molar-refractivity contribution in [1.29, 1.82) is 0 Å². The van der Waals surface area contributed by atoms with Crippen LogP contribution < -0.4 is 0 Å². The second-order valence-corrected chi connectivity index (χ2v) is 7.07. The summed E-state index contributed by atoms with van der Waals surface area (Å²) in [5.41, 5.74) is 1.58. The van der Waals surface area contributed by atoms with E-state index >= 15 is 0 Å². The number of para-hydroxylation sites is 3. The smallest absolute Gasteiger partial charge is 0.309 e. The van der Waals surface area contributed by atoms with Gasteiger partial charge in [-0.15, -0.1) is 0 Å². The number of aromatic nitrogens is 1. The van der Waals surface area contributed by atoms with Gasteiger partial charge in [0.15, 0.2) is 0 Å². The lowest BCUT2D eigenvalue weighted by Crippen LogP contribution is -2.08. The number of hydrogen-bond acceptors (Lipinski definition) is 0. The van der Waals surface area contributed by atoms with Gasteiger partial charge in [0.05, 0.1) is 22.3 Å². The lowest BCUT2D eigenvalue weighted by Gasteiger charge is -2.18. The van der Waals surface area contributed by atoms with Gasteiger partial charge < -0.3 is 4.57 Å². The van der Waals surface area contributed by atoms with Gasteiger partial charge in [0, 0.05) is 16.3 Å².